The molecule has 1 unspecified atom stereocenters. The summed E-state index contributed by atoms with van der Waals surface area (Å²) < 4.78 is 5.09. The van der Waals surface area contributed by atoms with Gasteiger partial charge in [-0.2, -0.15) is 0 Å². The van der Waals surface area contributed by atoms with Gasteiger partial charge in [0.15, 0.2) is 5.96 Å². The van der Waals surface area contributed by atoms with E-state index in [4.69, 9.17) is 4.74 Å². The lowest BCUT2D eigenvalue weighted by atomic mass is 10.1. The lowest BCUT2D eigenvalue weighted by molar-refractivity contribution is 0.0963. The average molecular weight is 529 g/mol. The van der Waals surface area contributed by atoms with Crippen LogP contribution in [0, 0.1) is 0 Å². The van der Waals surface area contributed by atoms with Gasteiger partial charge in [0.1, 0.15) is 0 Å². The number of aliphatic imine (C=N–C) groups is 1. The number of carbonyl (C=O) groups is 1. The zero-order valence-electron chi connectivity index (χ0n) is 18.2. The number of ether oxygens (including phenoxy) is 1. The number of guanidine groups is 1. The summed E-state index contributed by atoms with van der Waals surface area (Å²) in [4.78, 5) is 20.6. The van der Waals surface area contributed by atoms with E-state index in [0.29, 0.717) is 18.7 Å². The van der Waals surface area contributed by atoms with Crippen molar-refractivity contribution in [1.29, 1.82) is 0 Å². The molecular weight excluding hydrogens is 493 g/mol. The van der Waals surface area contributed by atoms with Gasteiger partial charge in [0, 0.05) is 45.3 Å². The van der Waals surface area contributed by atoms with E-state index in [1.165, 1.54) is 18.4 Å². The lowest BCUT2D eigenvalue weighted by Crippen LogP contribution is -2.51. The van der Waals surface area contributed by atoms with Crippen molar-refractivity contribution in [2.75, 3.05) is 39.8 Å². The second kappa shape index (κ2) is 13.0. The van der Waals surface area contributed by atoms with Gasteiger partial charge in [-0.05, 0) is 44.7 Å². The average Bonchev–Trinajstić information content (AvgIpc) is 3.19. The molecule has 1 aromatic carbocycles. The van der Waals surface area contributed by atoms with Crippen LogP contribution in [0.3, 0.4) is 0 Å². The Hall–Kier alpha value is -1.55. The first-order chi connectivity index (χ1) is 14.2. The summed E-state index contributed by atoms with van der Waals surface area (Å²) in [5.74, 6) is 0.853. The normalized spacial score (nSPS) is 20.5. The van der Waals surface area contributed by atoms with Gasteiger partial charge >= 0.3 is 6.09 Å². The Bertz CT molecular complexity index is 665. The van der Waals surface area contributed by atoms with Crippen molar-refractivity contribution >= 4 is 36.0 Å². The van der Waals surface area contributed by atoms with Crippen LogP contribution in [0.1, 0.15) is 38.2 Å². The van der Waals surface area contributed by atoms with E-state index in [1.807, 2.05) is 14.0 Å². The zero-order valence-corrected chi connectivity index (χ0v) is 20.5. The van der Waals surface area contributed by atoms with E-state index in [0.717, 1.165) is 51.5 Å². The van der Waals surface area contributed by atoms with Crippen LogP contribution >= 0.6 is 24.0 Å². The second-order valence-electron chi connectivity index (χ2n) is 7.81. The van der Waals surface area contributed by atoms with Crippen molar-refractivity contribution in [2.24, 2.45) is 4.99 Å². The highest BCUT2D eigenvalue weighted by Crippen LogP contribution is 2.19. The summed E-state index contributed by atoms with van der Waals surface area (Å²) in [6.07, 6.45) is 4.08. The van der Waals surface area contributed by atoms with Crippen LogP contribution < -0.4 is 10.6 Å². The number of likely N-dealkylation sites (tertiary alicyclic amines) is 2. The highest BCUT2D eigenvalue weighted by atomic mass is 127. The van der Waals surface area contributed by atoms with Crippen LogP contribution in [0.4, 0.5) is 4.79 Å². The maximum absolute atomic E-state index is 11.8. The quantitative estimate of drug-likeness (QED) is 0.337. The molecule has 2 aliphatic rings. The van der Waals surface area contributed by atoms with E-state index in [-0.39, 0.29) is 30.1 Å². The van der Waals surface area contributed by atoms with Crippen molar-refractivity contribution in [3.63, 3.8) is 0 Å². The van der Waals surface area contributed by atoms with Gasteiger partial charge in [0.2, 0.25) is 0 Å². The van der Waals surface area contributed by atoms with Gasteiger partial charge in [0.25, 0.3) is 0 Å². The molecule has 7 nitrogen and oxygen atoms in total. The zero-order chi connectivity index (χ0) is 20.5. The van der Waals surface area contributed by atoms with Crippen molar-refractivity contribution in [1.82, 2.24) is 20.4 Å². The topological polar surface area (TPSA) is 69.2 Å². The molecule has 2 fully saturated rings. The van der Waals surface area contributed by atoms with Crippen LogP contribution in [0.2, 0.25) is 0 Å². The van der Waals surface area contributed by atoms with Crippen molar-refractivity contribution in [3.05, 3.63) is 35.9 Å². The van der Waals surface area contributed by atoms with Crippen LogP contribution in [0.5, 0.6) is 0 Å². The fourth-order valence-corrected chi connectivity index (χ4v) is 4.18. The molecular formula is C22H36IN5O2. The minimum Gasteiger partial charge on any atom is -0.450 e. The molecule has 0 saturated carbocycles. The largest absolute Gasteiger partial charge is 0.450 e. The summed E-state index contributed by atoms with van der Waals surface area (Å²) in [6.45, 7) is 6.77. The summed E-state index contributed by atoms with van der Waals surface area (Å²) in [7, 11) is 1.82. The monoisotopic (exact) mass is 529 g/mol. The van der Waals surface area contributed by atoms with Crippen molar-refractivity contribution in [3.8, 4) is 0 Å². The third-order valence-electron chi connectivity index (χ3n) is 5.82. The molecule has 1 atom stereocenters. The molecule has 8 heteroatoms. The fraction of sp³-hybridized carbons (Fsp3) is 0.636. The molecule has 1 amide bonds. The molecule has 0 bridgehead atoms. The molecule has 2 heterocycles. The van der Waals surface area contributed by atoms with Gasteiger partial charge in [-0.15, -0.1) is 24.0 Å². The Morgan fingerprint density at radius 1 is 1.17 bits per heavy atom. The molecule has 0 radical (unpaired) electrons. The van der Waals surface area contributed by atoms with E-state index in [2.05, 4.69) is 50.9 Å². The number of amides is 1. The first-order valence-corrected chi connectivity index (χ1v) is 10.9. The molecule has 1 aromatic rings. The Balaban J connectivity index is 0.00000320. The Morgan fingerprint density at radius 3 is 2.57 bits per heavy atom. The Morgan fingerprint density at radius 2 is 1.90 bits per heavy atom. The van der Waals surface area contributed by atoms with Gasteiger partial charge < -0.3 is 20.3 Å². The Kier molecular flexibility index (Phi) is 10.7. The van der Waals surface area contributed by atoms with E-state index in [1.54, 1.807) is 4.90 Å². The lowest BCUT2D eigenvalue weighted by Gasteiger charge is -2.32. The van der Waals surface area contributed by atoms with Crippen LogP contribution in [-0.2, 0) is 11.3 Å². The van der Waals surface area contributed by atoms with Crippen LogP contribution in [0.15, 0.2) is 35.3 Å². The van der Waals surface area contributed by atoms with Crippen molar-refractivity contribution < 1.29 is 9.53 Å². The number of benzene rings is 1. The maximum Gasteiger partial charge on any atom is 0.409 e. The van der Waals surface area contributed by atoms with Gasteiger partial charge in [-0.3, -0.25) is 9.89 Å². The number of halogens is 1. The molecule has 2 N–H and O–H groups in total. The molecule has 168 valence electrons. The third-order valence-corrected chi connectivity index (χ3v) is 5.82. The minimum atomic E-state index is -0.201. The molecule has 3 rings (SSSR count). The number of piperidine rings is 1. The van der Waals surface area contributed by atoms with E-state index < -0.39 is 0 Å². The summed E-state index contributed by atoms with van der Waals surface area (Å²) in [6, 6.07) is 11.5. The van der Waals surface area contributed by atoms with E-state index in [9.17, 15) is 4.79 Å². The SMILES string of the molecule is CCOC(=O)N1CCC(NC(=NC)NCC2CCCN2Cc2ccccc2)CC1.I. The summed E-state index contributed by atoms with van der Waals surface area (Å²) in [5, 5.41) is 7.05. The smallest absolute Gasteiger partial charge is 0.409 e. The number of carbonyl (C=O) groups excluding carboxylic acids is 1. The van der Waals surface area contributed by atoms with Gasteiger partial charge in [-0.1, -0.05) is 30.3 Å². The number of hydrogen-bond acceptors (Lipinski definition) is 4. The van der Waals surface area contributed by atoms with Gasteiger partial charge in [-0.25, -0.2) is 4.79 Å². The predicted molar refractivity (Wildman–Crippen MR) is 131 cm³/mol. The van der Waals surface area contributed by atoms with Crippen molar-refractivity contribution in [2.45, 2.75) is 51.2 Å². The molecule has 2 saturated heterocycles. The molecule has 2 aliphatic heterocycles. The predicted octanol–water partition coefficient (Wildman–Crippen LogP) is 3.05. The van der Waals surface area contributed by atoms with Gasteiger partial charge in [0.05, 0.1) is 6.61 Å². The molecule has 0 aromatic heterocycles. The Labute approximate surface area is 197 Å². The number of hydrogen-bond donors (Lipinski definition) is 2. The maximum atomic E-state index is 11.8. The fourth-order valence-electron chi connectivity index (χ4n) is 4.18. The number of rotatable bonds is 6. The molecule has 0 aliphatic carbocycles. The highest BCUT2D eigenvalue weighted by molar-refractivity contribution is 14.0. The first-order valence-electron chi connectivity index (χ1n) is 10.9. The summed E-state index contributed by atoms with van der Waals surface area (Å²) >= 11 is 0. The standard InChI is InChI=1S/C22H35N5O2.HI/c1-3-29-22(28)26-14-11-19(12-15-26)25-21(23-2)24-16-20-10-7-13-27(20)17-18-8-5-4-6-9-18;/h4-6,8-9,19-20H,3,7,10-17H2,1-2H3,(H2,23,24,25);1H. The molecule has 0 spiro atoms. The molecule has 30 heavy (non-hydrogen) atoms. The number of nitrogens with zero attached hydrogens (tertiary/aromatic N) is 3. The minimum absolute atomic E-state index is 0. The second-order valence-corrected chi connectivity index (χ2v) is 7.81. The summed E-state index contributed by atoms with van der Waals surface area (Å²) in [5.41, 5.74) is 1.37. The first kappa shape index (κ1) is 24.7. The van der Waals surface area contributed by atoms with E-state index >= 15 is 0 Å². The third kappa shape index (κ3) is 7.30. The number of nitrogens with one attached hydrogen (secondary N) is 2. The van der Waals surface area contributed by atoms with Crippen LogP contribution in [0.25, 0.3) is 0 Å². The van der Waals surface area contributed by atoms with Crippen LogP contribution in [-0.4, -0.2) is 73.8 Å². The highest BCUT2D eigenvalue weighted by Gasteiger charge is 2.26.